The molecule has 2 aromatic heterocycles. The Bertz CT molecular complexity index is 400. The van der Waals surface area contributed by atoms with E-state index in [0.717, 1.165) is 5.82 Å². The van der Waals surface area contributed by atoms with Crippen LogP contribution in [0.25, 0.3) is 0 Å². The Morgan fingerprint density at radius 2 is 1.87 bits per heavy atom. The number of rotatable bonds is 3. The molecule has 15 heavy (non-hydrogen) atoms. The monoisotopic (exact) mass is 199 g/mol. The van der Waals surface area contributed by atoms with Crippen LogP contribution in [-0.4, -0.2) is 9.97 Å². The second-order valence-electron chi connectivity index (χ2n) is 3.36. The molecule has 3 nitrogen and oxygen atoms in total. The molecule has 2 rings (SSSR count). The van der Waals surface area contributed by atoms with Crippen LogP contribution in [0.3, 0.4) is 0 Å². The molecule has 1 atom stereocenters. The second-order valence-corrected chi connectivity index (χ2v) is 3.36. The average Bonchev–Trinajstić information content (AvgIpc) is 2.31. The Hall–Kier alpha value is -1.90. The lowest BCUT2D eigenvalue weighted by molar-refractivity contribution is 0.871. The van der Waals surface area contributed by atoms with Gasteiger partial charge in [-0.05, 0) is 36.8 Å². The summed E-state index contributed by atoms with van der Waals surface area (Å²) in [6.45, 7) is 2.10. The summed E-state index contributed by atoms with van der Waals surface area (Å²) >= 11 is 0. The van der Waals surface area contributed by atoms with Crippen LogP contribution in [-0.2, 0) is 0 Å². The van der Waals surface area contributed by atoms with Gasteiger partial charge in [0.1, 0.15) is 5.82 Å². The van der Waals surface area contributed by atoms with Crippen LogP contribution in [0.15, 0.2) is 48.9 Å². The molecule has 2 aromatic rings. The van der Waals surface area contributed by atoms with Gasteiger partial charge in [-0.1, -0.05) is 6.07 Å². The fraction of sp³-hybridized carbons (Fsp3) is 0.167. The first kappa shape index (κ1) is 9.65. The van der Waals surface area contributed by atoms with E-state index in [1.165, 1.54) is 5.56 Å². The lowest BCUT2D eigenvalue weighted by atomic mass is 10.1. The summed E-state index contributed by atoms with van der Waals surface area (Å²) < 4.78 is 0. The third-order valence-corrected chi connectivity index (χ3v) is 2.24. The van der Waals surface area contributed by atoms with E-state index in [1.807, 2.05) is 30.3 Å². The number of hydrogen-bond donors (Lipinski definition) is 1. The normalized spacial score (nSPS) is 12.1. The van der Waals surface area contributed by atoms with E-state index in [4.69, 9.17) is 0 Å². The molecule has 0 saturated carbocycles. The standard InChI is InChI=1S/C12H13N3/c1-10(11-5-8-13-9-6-11)15-12-4-2-3-7-14-12/h2-10H,1H3,(H,14,15). The molecular weight excluding hydrogens is 186 g/mol. The minimum atomic E-state index is 0.239. The Morgan fingerprint density at radius 3 is 2.53 bits per heavy atom. The first-order valence-corrected chi connectivity index (χ1v) is 4.94. The fourth-order valence-corrected chi connectivity index (χ4v) is 1.41. The quantitative estimate of drug-likeness (QED) is 0.825. The highest BCUT2D eigenvalue weighted by Gasteiger charge is 2.04. The van der Waals surface area contributed by atoms with Gasteiger partial charge in [0.2, 0.25) is 0 Å². The third-order valence-electron chi connectivity index (χ3n) is 2.24. The summed E-state index contributed by atoms with van der Waals surface area (Å²) in [7, 11) is 0. The summed E-state index contributed by atoms with van der Waals surface area (Å²) in [5, 5.41) is 3.32. The predicted octanol–water partition coefficient (Wildman–Crippen LogP) is 2.65. The van der Waals surface area contributed by atoms with Crippen LogP contribution in [0.4, 0.5) is 5.82 Å². The van der Waals surface area contributed by atoms with Gasteiger partial charge in [0.25, 0.3) is 0 Å². The molecule has 3 heteroatoms. The van der Waals surface area contributed by atoms with Gasteiger partial charge in [-0.2, -0.15) is 0 Å². The van der Waals surface area contributed by atoms with Crippen LogP contribution in [0.5, 0.6) is 0 Å². The first-order valence-electron chi connectivity index (χ1n) is 4.94. The van der Waals surface area contributed by atoms with E-state index in [-0.39, 0.29) is 6.04 Å². The maximum atomic E-state index is 4.22. The number of anilines is 1. The maximum absolute atomic E-state index is 4.22. The van der Waals surface area contributed by atoms with Gasteiger partial charge in [0.05, 0.1) is 6.04 Å². The molecule has 1 N–H and O–H groups in total. The Kier molecular flexibility index (Phi) is 2.93. The van der Waals surface area contributed by atoms with Crippen molar-refractivity contribution in [3.05, 3.63) is 54.5 Å². The first-order chi connectivity index (χ1) is 7.36. The van der Waals surface area contributed by atoms with Gasteiger partial charge in [0, 0.05) is 18.6 Å². The van der Waals surface area contributed by atoms with Crippen molar-refractivity contribution in [1.29, 1.82) is 0 Å². The zero-order valence-corrected chi connectivity index (χ0v) is 8.59. The van der Waals surface area contributed by atoms with Crippen LogP contribution in [0.1, 0.15) is 18.5 Å². The minimum absolute atomic E-state index is 0.239. The molecule has 0 saturated heterocycles. The summed E-state index contributed by atoms with van der Waals surface area (Å²) in [5.74, 6) is 0.891. The fourth-order valence-electron chi connectivity index (χ4n) is 1.41. The van der Waals surface area contributed by atoms with E-state index >= 15 is 0 Å². The molecule has 76 valence electrons. The van der Waals surface area contributed by atoms with Crippen LogP contribution in [0.2, 0.25) is 0 Å². The van der Waals surface area contributed by atoms with Crippen molar-refractivity contribution in [1.82, 2.24) is 9.97 Å². The third kappa shape index (κ3) is 2.53. The second kappa shape index (κ2) is 4.55. The number of hydrogen-bond acceptors (Lipinski definition) is 3. The van der Waals surface area contributed by atoms with Crippen molar-refractivity contribution in [3.8, 4) is 0 Å². The summed E-state index contributed by atoms with van der Waals surface area (Å²) in [6, 6.07) is 10.1. The lowest BCUT2D eigenvalue weighted by Crippen LogP contribution is -2.07. The molecule has 2 heterocycles. The average molecular weight is 199 g/mol. The molecule has 0 aliphatic heterocycles. The van der Waals surface area contributed by atoms with Gasteiger partial charge in [-0.15, -0.1) is 0 Å². The van der Waals surface area contributed by atoms with E-state index < -0.39 is 0 Å². The van der Waals surface area contributed by atoms with Gasteiger partial charge in [-0.3, -0.25) is 4.98 Å². The Balaban J connectivity index is 2.08. The molecule has 0 bridgehead atoms. The van der Waals surface area contributed by atoms with Crippen LogP contribution >= 0.6 is 0 Å². The van der Waals surface area contributed by atoms with Gasteiger partial charge < -0.3 is 5.32 Å². The highest BCUT2D eigenvalue weighted by Crippen LogP contribution is 2.15. The lowest BCUT2D eigenvalue weighted by Gasteiger charge is -2.14. The topological polar surface area (TPSA) is 37.8 Å². The molecule has 1 unspecified atom stereocenters. The van der Waals surface area contributed by atoms with Crippen molar-refractivity contribution in [3.63, 3.8) is 0 Å². The molecule has 0 radical (unpaired) electrons. The molecule has 0 fully saturated rings. The predicted molar refractivity (Wildman–Crippen MR) is 60.5 cm³/mol. The zero-order valence-electron chi connectivity index (χ0n) is 8.59. The largest absolute Gasteiger partial charge is 0.364 e. The van der Waals surface area contributed by atoms with E-state index in [1.54, 1.807) is 18.6 Å². The van der Waals surface area contributed by atoms with Crippen LogP contribution in [0, 0.1) is 0 Å². The van der Waals surface area contributed by atoms with Gasteiger partial charge in [-0.25, -0.2) is 4.98 Å². The Morgan fingerprint density at radius 1 is 1.07 bits per heavy atom. The highest BCUT2D eigenvalue weighted by molar-refractivity contribution is 5.36. The number of aromatic nitrogens is 2. The van der Waals surface area contributed by atoms with Crippen molar-refractivity contribution in [2.45, 2.75) is 13.0 Å². The van der Waals surface area contributed by atoms with E-state index in [0.29, 0.717) is 0 Å². The summed E-state index contributed by atoms with van der Waals surface area (Å²) in [6.07, 6.45) is 5.37. The summed E-state index contributed by atoms with van der Waals surface area (Å²) in [5.41, 5.74) is 1.20. The smallest absolute Gasteiger partial charge is 0.126 e. The van der Waals surface area contributed by atoms with Crippen molar-refractivity contribution >= 4 is 5.82 Å². The Labute approximate surface area is 89.2 Å². The number of nitrogens with zero attached hydrogens (tertiary/aromatic N) is 2. The molecule has 0 aliphatic rings. The van der Waals surface area contributed by atoms with Gasteiger partial charge in [0.15, 0.2) is 0 Å². The van der Waals surface area contributed by atoms with Crippen LogP contribution < -0.4 is 5.32 Å². The molecule has 0 spiro atoms. The van der Waals surface area contributed by atoms with E-state index in [9.17, 15) is 0 Å². The SMILES string of the molecule is CC(Nc1ccccn1)c1ccncc1. The molecular formula is C12H13N3. The van der Waals surface area contributed by atoms with Crippen molar-refractivity contribution < 1.29 is 0 Å². The molecule has 0 aliphatic carbocycles. The molecule has 0 aromatic carbocycles. The van der Waals surface area contributed by atoms with Gasteiger partial charge >= 0.3 is 0 Å². The molecule has 0 amide bonds. The summed E-state index contributed by atoms with van der Waals surface area (Å²) in [4.78, 5) is 8.21. The minimum Gasteiger partial charge on any atom is -0.364 e. The number of pyridine rings is 2. The van der Waals surface area contributed by atoms with Crippen molar-refractivity contribution in [2.24, 2.45) is 0 Å². The van der Waals surface area contributed by atoms with E-state index in [2.05, 4.69) is 22.2 Å². The van der Waals surface area contributed by atoms with Crippen molar-refractivity contribution in [2.75, 3.05) is 5.32 Å². The highest BCUT2D eigenvalue weighted by atomic mass is 15.0. The number of nitrogens with one attached hydrogen (secondary N) is 1. The zero-order chi connectivity index (χ0) is 10.5. The maximum Gasteiger partial charge on any atom is 0.126 e.